The Morgan fingerprint density at radius 1 is 1.07 bits per heavy atom. The molecule has 0 radical (unpaired) electrons. The Morgan fingerprint density at radius 2 is 1.93 bits per heavy atom. The summed E-state index contributed by atoms with van der Waals surface area (Å²) in [5.74, 6) is 1.94. The lowest BCUT2D eigenvalue weighted by molar-refractivity contribution is 0.267. The van der Waals surface area contributed by atoms with E-state index in [1.165, 1.54) is 0 Å². The molecule has 0 aliphatic rings. The number of aromatic nitrogens is 4. The van der Waals surface area contributed by atoms with Gasteiger partial charge >= 0.3 is 0 Å². The minimum atomic E-state index is 0.292. The number of nitrogens with one attached hydrogen (secondary N) is 1. The summed E-state index contributed by atoms with van der Waals surface area (Å²) < 4.78 is 13.6. The van der Waals surface area contributed by atoms with Gasteiger partial charge in [-0.1, -0.05) is 53.4 Å². The van der Waals surface area contributed by atoms with Crippen LogP contribution in [-0.2, 0) is 19.7 Å². The average Bonchev–Trinajstić information content (AvgIpc) is 3.14. The van der Waals surface area contributed by atoms with Gasteiger partial charge in [-0.05, 0) is 42.0 Å². The van der Waals surface area contributed by atoms with Crippen LogP contribution in [0.5, 0.6) is 11.5 Å². The third kappa shape index (κ3) is 5.52. The van der Waals surface area contributed by atoms with Gasteiger partial charge < -0.3 is 14.8 Å². The predicted molar refractivity (Wildman–Crippen MR) is 114 cm³/mol. The largest absolute Gasteiger partial charge is 0.490 e. The second-order valence-electron chi connectivity index (χ2n) is 6.28. The molecule has 0 fully saturated rings. The quantitative estimate of drug-likeness (QED) is 0.483. The number of anilines is 1. The van der Waals surface area contributed by atoms with E-state index in [-0.39, 0.29) is 0 Å². The molecule has 0 spiro atoms. The van der Waals surface area contributed by atoms with Crippen molar-refractivity contribution in [3.8, 4) is 11.5 Å². The average molecular weight is 436 g/mol. The summed E-state index contributed by atoms with van der Waals surface area (Å²) in [5.41, 5.74) is 1.76. The SMILES string of the molecule is CCCn1nnnc1NCc1cccc(OCC)c1OCc1ccc(Cl)cc1Cl. The molecule has 3 rings (SSSR count). The molecule has 29 heavy (non-hydrogen) atoms. The van der Waals surface area contributed by atoms with Crippen LogP contribution >= 0.6 is 23.2 Å². The molecule has 0 saturated carbocycles. The zero-order valence-electron chi connectivity index (χ0n) is 16.4. The van der Waals surface area contributed by atoms with Gasteiger partial charge in [0, 0.05) is 34.3 Å². The Morgan fingerprint density at radius 3 is 2.69 bits per heavy atom. The highest BCUT2D eigenvalue weighted by molar-refractivity contribution is 6.35. The van der Waals surface area contributed by atoms with Crippen LogP contribution in [0.4, 0.5) is 5.95 Å². The fraction of sp³-hybridized carbons (Fsp3) is 0.350. The van der Waals surface area contributed by atoms with Crippen LogP contribution in [0.15, 0.2) is 36.4 Å². The summed E-state index contributed by atoms with van der Waals surface area (Å²) in [6.45, 7) is 6.06. The van der Waals surface area contributed by atoms with E-state index in [1.807, 2.05) is 31.2 Å². The molecular formula is C20H23Cl2N5O2. The number of para-hydroxylation sites is 1. The van der Waals surface area contributed by atoms with Gasteiger partial charge in [0.25, 0.3) is 0 Å². The van der Waals surface area contributed by atoms with E-state index < -0.39 is 0 Å². The molecule has 0 aliphatic heterocycles. The predicted octanol–water partition coefficient (Wildman–Crippen LogP) is 4.98. The molecule has 2 aromatic carbocycles. The van der Waals surface area contributed by atoms with Gasteiger partial charge in [0.15, 0.2) is 11.5 Å². The van der Waals surface area contributed by atoms with Gasteiger partial charge in [0.2, 0.25) is 5.95 Å². The van der Waals surface area contributed by atoms with Crippen LogP contribution in [-0.4, -0.2) is 26.8 Å². The second kappa shape index (κ2) is 10.3. The number of rotatable bonds is 10. The number of hydrogen-bond acceptors (Lipinski definition) is 6. The fourth-order valence-corrected chi connectivity index (χ4v) is 3.25. The van der Waals surface area contributed by atoms with Crippen LogP contribution in [0, 0.1) is 0 Å². The third-order valence-corrected chi connectivity index (χ3v) is 4.74. The normalized spacial score (nSPS) is 10.8. The number of tetrazole rings is 1. The summed E-state index contributed by atoms with van der Waals surface area (Å²) in [5, 5.41) is 16.2. The number of aryl methyl sites for hydroxylation is 1. The van der Waals surface area contributed by atoms with E-state index >= 15 is 0 Å². The Kier molecular flexibility index (Phi) is 7.55. The smallest absolute Gasteiger partial charge is 0.243 e. The lowest BCUT2D eigenvalue weighted by Gasteiger charge is -2.17. The van der Waals surface area contributed by atoms with Gasteiger partial charge in [-0.15, -0.1) is 0 Å². The molecule has 9 heteroatoms. The van der Waals surface area contributed by atoms with Gasteiger partial charge in [-0.25, -0.2) is 4.68 Å². The number of hydrogen-bond donors (Lipinski definition) is 1. The topological polar surface area (TPSA) is 74.1 Å². The zero-order chi connectivity index (χ0) is 20.6. The molecule has 0 bridgehead atoms. The summed E-state index contributed by atoms with van der Waals surface area (Å²) in [4.78, 5) is 0. The number of ether oxygens (including phenoxy) is 2. The summed E-state index contributed by atoms with van der Waals surface area (Å²) in [6.07, 6.45) is 0.940. The van der Waals surface area contributed by atoms with Gasteiger partial charge in [-0.3, -0.25) is 0 Å². The molecule has 0 amide bonds. The lowest BCUT2D eigenvalue weighted by atomic mass is 10.1. The van der Waals surface area contributed by atoms with Crippen LogP contribution in [0.3, 0.4) is 0 Å². The third-order valence-electron chi connectivity index (χ3n) is 4.15. The zero-order valence-corrected chi connectivity index (χ0v) is 17.9. The molecule has 0 unspecified atom stereocenters. The highest BCUT2D eigenvalue weighted by atomic mass is 35.5. The van der Waals surface area contributed by atoms with Crippen LogP contribution < -0.4 is 14.8 Å². The second-order valence-corrected chi connectivity index (χ2v) is 7.12. The monoisotopic (exact) mass is 435 g/mol. The van der Waals surface area contributed by atoms with Crippen molar-refractivity contribution in [2.75, 3.05) is 11.9 Å². The molecule has 1 N–H and O–H groups in total. The van der Waals surface area contributed by atoms with E-state index in [9.17, 15) is 0 Å². The number of halogens is 2. The maximum Gasteiger partial charge on any atom is 0.243 e. The summed E-state index contributed by atoms with van der Waals surface area (Å²) in [6, 6.07) is 11.1. The molecule has 3 aromatic rings. The molecule has 1 heterocycles. The van der Waals surface area contributed by atoms with Gasteiger partial charge in [-0.2, -0.15) is 0 Å². The van der Waals surface area contributed by atoms with E-state index in [4.69, 9.17) is 32.7 Å². The van der Waals surface area contributed by atoms with Crippen LogP contribution in [0.25, 0.3) is 0 Å². The first kappa shape index (κ1) is 21.2. The number of nitrogens with zero attached hydrogens (tertiary/aromatic N) is 4. The molecule has 0 atom stereocenters. The van der Waals surface area contributed by atoms with Gasteiger partial charge in [0.1, 0.15) is 6.61 Å². The molecule has 1 aromatic heterocycles. The maximum absolute atomic E-state index is 6.28. The molecule has 7 nitrogen and oxygen atoms in total. The Labute approximate surface area is 179 Å². The van der Waals surface area contributed by atoms with E-state index in [0.29, 0.717) is 47.3 Å². The van der Waals surface area contributed by atoms with Crippen molar-refractivity contribution in [3.05, 3.63) is 57.6 Å². The number of benzene rings is 2. The van der Waals surface area contributed by atoms with Crippen molar-refractivity contribution in [1.29, 1.82) is 0 Å². The first-order valence-electron chi connectivity index (χ1n) is 9.43. The van der Waals surface area contributed by atoms with Crippen LogP contribution in [0.1, 0.15) is 31.4 Å². The van der Waals surface area contributed by atoms with E-state index in [2.05, 4.69) is 27.8 Å². The highest BCUT2D eigenvalue weighted by Crippen LogP contribution is 2.33. The van der Waals surface area contributed by atoms with Crippen molar-refractivity contribution in [2.45, 2.75) is 40.0 Å². The molecule has 0 saturated heterocycles. The Bertz CT molecular complexity index is 948. The highest BCUT2D eigenvalue weighted by Gasteiger charge is 2.14. The molecule has 154 valence electrons. The Hall–Kier alpha value is -2.51. The van der Waals surface area contributed by atoms with Gasteiger partial charge in [0.05, 0.1) is 6.61 Å². The lowest BCUT2D eigenvalue weighted by Crippen LogP contribution is -2.10. The van der Waals surface area contributed by atoms with E-state index in [0.717, 1.165) is 24.1 Å². The summed E-state index contributed by atoms with van der Waals surface area (Å²) >= 11 is 12.3. The maximum atomic E-state index is 6.28. The van der Waals surface area contributed by atoms with Crippen molar-refractivity contribution < 1.29 is 9.47 Å². The minimum absolute atomic E-state index is 0.292. The van der Waals surface area contributed by atoms with Crippen molar-refractivity contribution >= 4 is 29.2 Å². The van der Waals surface area contributed by atoms with E-state index in [1.54, 1.807) is 16.8 Å². The summed E-state index contributed by atoms with van der Waals surface area (Å²) in [7, 11) is 0. The first-order chi connectivity index (χ1) is 14.1. The van der Waals surface area contributed by atoms with Crippen molar-refractivity contribution in [1.82, 2.24) is 20.2 Å². The standard InChI is InChI=1S/C20H23Cl2N5O2/c1-3-10-27-20(24-25-26-27)23-12-14-6-5-7-18(28-4-2)19(14)29-13-15-8-9-16(21)11-17(15)22/h5-9,11H,3-4,10,12-13H2,1-2H3,(H,23,24,26). The molecule has 0 aliphatic carbocycles. The van der Waals surface area contributed by atoms with Crippen molar-refractivity contribution in [3.63, 3.8) is 0 Å². The Balaban J connectivity index is 1.79. The minimum Gasteiger partial charge on any atom is -0.490 e. The van der Waals surface area contributed by atoms with Crippen LogP contribution in [0.2, 0.25) is 10.0 Å². The fourth-order valence-electron chi connectivity index (χ4n) is 2.79. The van der Waals surface area contributed by atoms with Crippen molar-refractivity contribution in [2.24, 2.45) is 0 Å². The first-order valence-corrected chi connectivity index (χ1v) is 10.2. The molecular weight excluding hydrogens is 413 g/mol.